The van der Waals surface area contributed by atoms with Gasteiger partial charge in [-0.3, -0.25) is 0 Å². The highest BCUT2D eigenvalue weighted by atomic mass is 15.2. The molecule has 0 spiro atoms. The van der Waals surface area contributed by atoms with Gasteiger partial charge in [0, 0.05) is 31.9 Å². The molecule has 102 valence electrons. The summed E-state index contributed by atoms with van der Waals surface area (Å²) >= 11 is 0. The summed E-state index contributed by atoms with van der Waals surface area (Å²) in [5, 5.41) is 0. The Morgan fingerprint density at radius 1 is 1.05 bits per heavy atom. The second-order valence-electron chi connectivity index (χ2n) is 6.22. The Morgan fingerprint density at radius 3 is 2.47 bits per heavy atom. The van der Waals surface area contributed by atoms with Gasteiger partial charge >= 0.3 is 0 Å². The van der Waals surface area contributed by atoms with Crippen molar-refractivity contribution in [2.24, 2.45) is 5.92 Å². The first-order valence-corrected chi connectivity index (χ1v) is 7.40. The van der Waals surface area contributed by atoms with Gasteiger partial charge in [-0.05, 0) is 42.6 Å². The summed E-state index contributed by atoms with van der Waals surface area (Å²) in [5.41, 5.74) is 5.92. The number of fused-ring (bicyclic) bond motifs is 1. The van der Waals surface area contributed by atoms with E-state index in [0.717, 1.165) is 19.5 Å². The largest absolute Gasteiger partial charge is 0.369 e. The lowest BCUT2D eigenvalue weighted by atomic mass is 10.0. The van der Waals surface area contributed by atoms with Gasteiger partial charge in [-0.2, -0.15) is 0 Å². The van der Waals surface area contributed by atoms with Crippen LogP contribution in [0.1, 0.15) is 25.0 Å². The maximum absolute atomic E-state index is 2.52. The van der Waals surface area contributed by atoms with Crippen LogP contribution >= 0.6 is 0 Å². The van der Waals surface area contributed by atoms with E-state index in [2.05, 4.69) is 55.0 Å². The van der Waals surface area contributed by atoms with Crippen LogP contribution in [0.15, 0.2) is 23.8 Å². The lowest BCUT2D eigenvalue weighted by Crippen LogP contribution is -2.44. The van der Waals surface area contributed by atoms with E-state index in [9.17, 15) is 0 Å². The molecule has 1 fully saturated rings. The first kappa shape index (κ1) is 12.7. The zero-order chi connectivity index (χ0) is 13.4. The molecule has 1 heterocycles. The lowest BCUT2D eigenvalue weighted by Gasteiger charge is -2.34. The third-order valence-electron chi connectivity index (χ3n) is 4.47. The second kappa shape index (κ2) is 5.01. The van der Waals surface area contributed by atoms with Crippen molar-refractivity contribution in [1.29, 1.82) is 0 Å². The molecule has 0 radical (unpaired) electrons. The Labute approximate surface area is 116 Å². The van der Waals surface area contributed by atoms with Crippen LogP contribution in [0.25, 0.3) is 6.08 Å². The maximum atomic E-state index is 2.52. The fourth-order valence-corrected chi connectivity index (χ4v) is 2.98. The summed E-state index contributed by atoms with van der Waals surface area (Å²) in [6.45, 7) is 9.22. The first-order valence-electron chi connectivity index (χ1n) is 7.40. The molecule has 1 aromatic carbocycles. The van der Waals surface area contributed by atoms with Crippen molar-refractivity contribution in [2.75, 3.05) is 38.1 Å². The van der Waals surface area contributed by atoms with E-state index in [1.807, 2.05) is 0 Å². The first-order chi connectivity index (χ1) is 9.13. The lowest BCUT2D eigenvalue weighted by molar-refractivity contribution is 0.313. The molecule has 0 aromatic heterocycles. The van der Waals surface area contributed by atoms with Crippen LogP contribution in [0.2, 0.25) is 0 Å². The van der Waals surface area contributed by atoms with E-state index in [1.165, 1.54) is 29.9 Å². The normalized spacial score (nSPS) is 19.8. The number of nitrogens with zero attached hydrogens (tertiary/aromatic N) is 2. The van der Waals surface area contributed by atoms with E-state index in [-0.39, 0.29) is 0 Å². The van der Waals surface area contributed by atoms with E-state index < -0.39 is 0 Å². The Hall–Kier alpha value is -1.28. The third-order valence-corrected chi connectivity index (χ3v) is 4.47. The molecular weight excluding hydrogens is 232 g/mol. The topological polar surface area (TPSA) is 6.48 Å². The molecule has 0 amide bonds. The fourth-order valence-electron chi connectivity index (χ4n) is 2.98. The molecule has 0 bridgehead atoms. The SMILES string of the molecule is CC(C)C1=Cc2cc(N3CCN(C)CC3)ccc2C1. The zero-order valence-corrected chi connectivity index (χ0v) is 12.3. The van der Waals surface area contributed by atoms with Gasteiger partial charge in [0.05, 0.1) is 0 Å². The van der Waals surface area contributed by atoms with Crippen molar-refractivity contribution < 1.29 is 0 Å². The highest BCUT2D eigenvalue weighted by Gasteiger charge is 2.18. The van der Waals surface area contributed by atoms with Gasteiger partial charge in [0.1, 0.15) is 0 Å². The number of piperazine rings is 1. The van der Waals surface area contributed by atoms with E-state index in [0.29, 0.717) is 5.92 Å². The second-order valence-corrected chi connectivity index (χ2v) is 6.22. The fraction of sp³-hybridized carbons (Fsp3) is 0.529. The molecule has 0 unspecified atom stereocenters. The standard InChI is InChI=1S/C17H24N2/c1-13(2)15-10-14-4-5-17(12-16(14)11-15)19-8-6-18(3)7-9-19/h4-5,11-13H,6-10H2,1-3H3. The molecule has 3 rings (SSSR count). The van der Waals surface area contributed by atoms with E-state index in [1.54, 1.807) is 5.57 Å². The quantitative estimate of drug-likeness (QED) is 0.802. The molecule has 2 aliphatic rings. The number of hydrogen-bond donors (Lipinski definition) is 0. The van der Waals surface area contributed by atoms with Crippen molar-refractivity contribution in [2.45, 2.75) is 20.3 Å². The summed E-state index contributed by atoms with van der Waals surface area (Å²) in [6, 6.07) is 7.02. The summed E-state index contributed by atoms with van der Waals surface area (Å²) in [4.78, 5) is 4.92. The predicted molar refractivity (Wildman–Crippen MR) is 82.7 cm³/mol. The Morgan fingerprint density at radius 2 is 1.79 bits per heavy atom. The van der Waals surface area contributed by atoms with Gasteiger partial charge in [0.15, 0.2) is 0 Å². The molecule has 1 aliphatic carbocycles. The summed E-state index contributed by atoms with van der Waals surface area (Å²) in [5.74, 6) is 0.666. The van der Waals surface area contributed by atoms with Gasteiger partial charge in [-0.15, -0.1) is 0 Å². The van der Waals surface area contributed by atoms with Gasteiger partial charge in [0.2, 0.25) is 0 Å². The van der Waals surface area contributed by atoms with E-state index in [4.69, 9.17) is 0 Å². The molecule has 2 nitrogen and oxygen atoms in total. The summed E-state index contributed by atoms with van der Waals surface area (Å²) < 4.78 is 0. The molecular formula is C17H24N2. The van der Waals surface area contributed by atoms with Gasteiger partial charge in [-0.1, -0.05) is 31.6 Å². The van der Waals surface area contributed by atoms with Crippen LogP contribution in [-0.2, 0) is 6.42 Å². The molecule has 19 heavy (non-hydrogen) atoms. The number of hydrogen-bond acceptors (Lipinski definition) is 2. The van der Waals surface area contributed by atoms with Crippen LogP contribution in [0.4, 0.5) is 5.69 Å². The number of anilines is 1. The smallest absolute Gasteiger partial charge is 0.0373 e. The minimum Gasteiger partial charge on any atom is -0.369 e. The maximum Gasteiger partial charge on any atom is 0.0373 e. The molecule has 0 saturated carbocycles. The van der Waals surface area contributed by atoms with Crippen LogP contribution in [-0.4, -0.2) is 38.1 Å². The van der Waals surface area contributed by atoms with Crippen molar-refractivity contribution >= 4 is 11.8 Å². The van der Waals surface area contributed by atoms with Gasteiger partial charge in [-0.25, -0.2) is 0 Å². The molecule has 1 aliphatic heterocycles. The monoisotopic (exact) mass is 256 g/mol. The summed E-state index contributed by atoms with van der Waals surface area (Å²) in [7, 11) is 2.21. The van der Waals surface area contributed by atoms with Crippen LogP contribution < -0.4 is 4.90 Å². The van der Waals surface area contributed by atoms with Gasteiger partial charge < -0.3 is 9.80 Å². The number of allylic oxidation sites excluding steroid dienone is 1. The molecule has 0 N–H and O–H groups in total. The van der Waals surface area contributed by atoms with Crippen molar-refractivity contribution in [3.8, 4) is 0 Å². The predicted octanol–water partition coefficient (Wildman–Crippen LogP) is 3.03. The number of rotatable bonds is 2. The number of benzene rings is 1. The number of likely N-dealkylation sites (N-methyl/N-ethyl adjacent to an activating group) is 1. The minimum atomic E-state index is 0.666. The highest BCUT2D eigenvalue weighted by Crippen LogP contribution is 2.32. The zero-order valence-electron chi connectivity index (χ0n) is 12.3. The minimum absolute atomic E-state index is 0.666. The molecule has 1 aromatic rings. The average molecular weight is 256 g/mol. The highest BCUT2D eigenvalue weighted by molar-refractivity contribution is 5.68. The van der Waals surface area contributed by atoms with Crippen molar-refractivity contribution in [3.63, 3.8) is 0 Å². The van der Waals surface area contributed by atoms with Crippen LogP contribution in [0.3, 0.4) is 0 Å². The molecule has 2 heteroatoms. The summed E-state index contributed by atoms with van der Waals surface area (Å²) in [6.07, 6.45) is 3.55. The molecule has 0 atom stereocenters. The van der Waals surface area contributed by atoms with Crippen LogP contribution in [0.5, 0.6) is 0 Å². The van der Waals surface area contributed by atoms with Gasteiger partial charge in [0.25, 0.3) is 0 Å². The van der Waals surface area contributed by atoms with Crippen molar-refractivity contribution in [1.82, 2.24) is 4.90 Å². The average Bonchev–Trinajstić information content (AvgIpc) is 2.82. The van der Waals surface area contributed by atoms with Crippen molar-refractivity contribution in [3.05, 3.63) is 34.9 Å². The van der Waals surface area contributed by atoms with E-state index >= 15 is 0 Å². The Kier molecular flexibility index (Phi) is 3.36. The Bertz CT molecular complexity index is 494. The third kappa shape index (κ3) is 2.55. The molecule has 1 saturated heterocycles. The Balaban J connectivity index is 1.81. The van der Waals surface area contributed by atoms with Crippen LogP contribution in [0, 0.1) is 5.92 Å².